The third kappa shape index (κ3) is 3.37. The molecule has 3 rings (SSSR count). The van der Waals surface area contributed by atoms with Crippen molar-refractivity contribution in [1.29, 1.82) is 0 Å². The van der Waals surface area contributed by atoms with Gasteiger partial charge in [0.05, 0.1) is 6.20 Å². The van der Waals surface area contributed by atoms with Gasteiger partial charge in [0.25, 0.3) is 0 Å². The number of benzene rings is 1. The summed E-state index contributed by atoms with van der Waals surface area (Å²) >= 11 is 0. The van der Waals surface area contributed by atoms with Crippen molar-refractivity contribution in [2.24, 2.45) is 0 Å². The van der Waals surface area contributed by atoms with Crippen LogP contribution < -0.4 is 10.6 Å². The Morgan fingerprint density at radius 3 is 2.74 bits per heavy atom. The van der Waals surface area contributed by atoms with Gasteiger partial charge in [-0.2, -0.15) is 10.1 Å². The van der Waals surface area contributed by atoms with E-state index in [-0.39, 0.29) is 5.82 Å². The lowest BCUT2D eigenvalue weighted by Gasteiger charge is -2.07. The van der Waals surface area contributed by atoms with E-state index in [4.69, 9.17) is 0 Å². The highest BCUT2D eigenvalue weighted by Gasteiger charge is 2.22. The molecule has 2 N–H and O–H groups in total. The van der Waals surface area contributed by atoms with Gasteiger partial charge < -0.3 is 10.6 Å². The average molecular weight is 259 g/mol. The Morgan fingerprint density at radius 1 is 1.21 bits per heavy atom. The smallest absolute Gasteiger partial charge is 0.244 e. The molecule has 5 nitrogen and oxygen atoms in total. The Morgan fingerprint density at radius 2 is 2.00 bits per heavy atom. The second kappa shape index (κ2) is 5.17. The van der Waals surface area contributed by atoms with E-state index in [0.717, 1.165) is 18.4 Å². The lowest BCUT2D eigenvalue weighted by atomic mass is 10.2. The summed E-state index contributed by atoms with van der Waals surface area (Å²) in [7, 11) is 0. The van der Waals surface area contributed by atoms with Crippen LogP contribution in [0.1, 0.15) is 18.4 Å². The molecular formula is C13H14FN5. The zero-order valence-corrected chi connectivity index (χ0v) is 10.3. The fraction of sp³-hybridized carbons (Fsp3) is 0.308. The predicted octanol–water partition coefficient (Wildman–Crippen LogP) is 2.20. The van der Waals surface area contributed by atoms with Gasteiger partial charge in [0.1, 0.15) is 5.82 Å². The third-order valence-electron chi connectivity index (χ3n) is 2.86. The molecule has 0 aliphatic heterocycles. The largest absolute Gasteiger partial charge is 0.365 e. The normalized spacial score (nSPS) is 14.2. The van der Waals surface area contributed by atoms with Crippen LogP contribution >= 0.6 is 0 Å². The summed E-state index contributed by atoms with van der Waals surface area (Å²) in [6.07, 6.45) is 3.90. The van der Waals surface area contributed by atoms with Gasteiger partial charge in [0.15, 0.2) is 5.82 Å². The maximum Gasteiger partial charge on any atom is 0.244 e. The van der Waals surface area contributed by atoms with Crippen molar-refractivity contribution in [2.45, 2.75) is 25.4 Å². The molecule has 1 aromatic carbocycles. The molecule has 0 unspecified atom stereocenters. The highest BCUT2D eigenvalue weighted by molar-refractivity contribution is 5.39. The minimum atomic E-state index is -0.233. The summed E-state index contributed by atoms with van der Waals surface area (Å²) in [5.74, 6) is 0.970. The van der Waals surface area contributed by atoms with Crippen molar-refractivity contribution in [1.82, 2.24) is 15.2 Å². The Labute approximate surface area is 110 Å². The summed E-state index contributed by atoms with van der Waals surface area (Å²) in [5.41, 5.74) is 0.983. The number of anilines is 2. The number of aromatic nitrogens is 3. The predicted molar refractivity (Wildman–Crippen MR) is 70.2 cm³/mol. The molecule has 1 fully saturated rings. The van der Waals surface area contributed by atoms with Crippen LogP contribution in [0.4, 0.5) is 16.2 Å². The molecule has 6 heteroatoms. The van der Waals surface area contributed by atoms with E-state index in [1.807, 2.05) is 0 Å². The third-order valence-corrected chi connectivity index (χ3v) is 2.86. The minimum Gasteiger partial charge on any atom is -0.365 e. The number of nitrogens with one attached hydrogen (secondary N) is 2. The van der Waals surface area contributed by atoms with Gasteiger partial charge in [-0.3, -0.25) is 0 Å². The van der Waals surface area contributed by atoms with Crippen LogP contribution in [0, 0.1) is 5.82 Å². The maximum atomic E-state index is 12.8. The first-order valence-electron chi connectivity index (χ1n) is 6.24. The van der Waals surface area contributed by atoms with E-state index in [2.05, 4.69) is 25.8 Å². The van der Waals surface area contributed by atoms with Crippen LogP contribution in [0.3, 0.4) is 0 Å². The second-order valence-corrected chi connectivity index (χ2v) is 4.56. The van der Waals surface area contributed by atoms with Crippen molar-refractivity contribution in [3.63, 3.8) is 0 Å². The number of nitrogens with zero attached hydrogens (tertiary/aromatic N) is 3. The Balaban J connectivity index is 1.60. The van der Waals surface area contributed by atoms with Crippen molar-refractivity contribution in [2.75, 3.05) is 10.6 Å². The Kier molecular flexibility index (Phi) is 3.22. The molecule has 2 aromatic rings. The molecule has 0 saturated heterocycles. The lowest BCUT2D eigenvalue weighted by Crippen LogP contribution is -2.09. The number of hydrogen-bond donors (Lipinski definition) is 2. The molecule has 0 radical (unpaired) electrons. The van der Waals surface area contributed by atoms with Crippen LogP contribution in [0.25, 0.3) is 0 Å². The molecule has 1 aliphatic rings. The highest BCUT2D eigenvalue weighted by atomic mass is 19.1. The minimum absolute atomic E-state index is 0.233. The summed E-state index contributed by atoms with van der Waals surface area (Å²) in [4.78, 5) is 4.32. The molecular weight excluding hydrogens is 245 g/mol. The lowest BCUT2D eigenvalue weighted by molar-refractivity contribution is 0.627. The quantitative estimate of drug-likeness (QED) is 0.861. The van der Waals surface area contributed by atoms with Crippen LogP contribution in [-0.4, -0.2) is 21.2 Å². The van der Waals surface area contributed by atoms with E-state index >= 15 is 0 Å². The fourth-order valence-corrected chi connectivity index (χ4v) is 1.66. The molecule has 0 bridgehead atoms. The van der Waals surface area contributed by atoms with Gasteiger partial charge in [-0.25, -0.2) is 4.39 Å². The molecule has 1 aliphatic carbocycles. The first kappa shape index (κ1) is 11.8. The number of hydrogen-bond acceptors (Lipinski definition) is 5. The van der Waals surface area contributed by atoms with Crippen LogP contribution in [-0.2, 0) is 6.54 Å². The number of halogens is 1. The van der Waals surface area contributed by atoms with Crippen molar-refractivity contribution in [3.8, 4) is 0 Å². The average Bonchev–Trinajstić information content (AvgIpc) is 3.23. The van der Waals surface area contributed by atoms with E-state index in [9.17, 15) is 4.39 Å². The summed E-state index contributed by atoms with van der Waals surface area (Å²) in [6, 6.07) is 6.85. The monoisotopic (exact) mass is 259 g/mol. The van der Waals surface area contributed by atoms with Crippen molar-refractivity contribution >= 4 is 11.8 Å². The highest BCUT2D eigenvalue weighted by Crippen LogP contribution is 2.22. The van der Waals surface area contributed by atoms with Crippen LogP contribution in [0.15, 0.2) is 30.5 Å². The second-order valence-electron chi connectivity index (χ2n) is 4.56. The van der Waals surface area contributed by atoms with E-state index in [1.54, 1.807) is 18.3 Å². The molecule has 1 aromatic heterocycles. The summed E-state index contributed by atoms with van der Waals surface area (Å²) in [5, 5.41) is 14.1. The maximum absolute atomic E-state index is 12.8. The van der Waals surface area contributed by atoms with Gasteiger partial charge in [-0.05, 0) is 30.5 Å². The van der Waals surface area contributed by atoms with Gasteiger partial charge >= 0.3 is 0 Å². The molecule has 1 heterocycles. The SMILES string of the molecule is Fc1ccc(CNc2cnnc(NC3CC3)n2)cc1. The fourth-order valence-electron chi connectivity index (χ4n) is 1.66. The standard InChI is InChI=1S/C13H14FN5/c14-10-3-1-9(2-4-10)7-15-12-8-16-19-13(18-12)17-11-5-6-11/h1-4,8,11H,5-7H2,(H2,15,17,18,19). The number of rotatable bonds is 5. The van der Waals surface area contributed by atoms with E-state index in [1.165, 1.54) is 12.1 Å². The molecule has 1 saturated carbocycles. The topological polar surface area (TPSA) is 62.7 Å². The molecule has 19 heavy (non-hydrogen) atoms. The van der Waals surface area contributed by atoms with E-state index in [0.29, 0.717) is 24.4 Å². The summed E-state index contributed by atoms with van der Waals surface area (Å²) < 4.78 is 12.8. The van der Waals surface area contributed by atoms with Crippen molar-refractivity contribution in [3.05, 3.63) is 41.8 Å². The van der Waals surface area contributed by atoms with Crippen molar-refractivity contribution < 1.29 is 4.39 Å². The molecule has 98 valence electrons. The van der Waals surface area contributed by atoms with Gasteiger partial charge in [0.2, 0.25) is 5.95 Å². The summed E-state index contributed by atoms with van der Waals surface area (Å²) in [6.45, 7) is 0.571. The van der Waals surface area contributed by atoms with Gasteiger partial charge in [-0.1, -0.05) is 12.1 Å². The first-order chi connectivity index (χ1) is 9.29. The first-order valence-corrected chi connectivity index (χ1v) is 6.24. The molecule has 0 amide bonds. The van der Waals surface area contributed by atoms with E-state index < -0.39 is 0 Å². The van der Waals surface area contributed by atoms with Crippen LogP contribution in [0.2, 0.25) is 0 Å². The zero-order chi connectivity index (χ0) is 13.1. The van der Waals surface area contributed by atoms with Gasteiger partial charge in [-0.15, -0.1) is 5.10 Å². The zero-order valence-electron chi connectivity index (χ0n) is 10.3. The van der Waals surface area contributed by atoms with Gasteiger partial charge in [0, 0.05) is 12.6 Å². The Bertz CT molecular complexity index is 553. The molecule has 0 atom stereocenters. The Hall–Kier alpha value is -2.24. The molecule has 0 spiro atoms. The van der Waals surface area contributed by atoms with Crippen LogP contribution in [0.5, 0.6) is 0 Å².